The molecule has 2 aromatic rings. The maximum absolute atomic E-state index is 12.3. The van der Waals surface area contributed by atoms with Crippen LogP contribution < -0.4 is 14.8 Å². The molecule has 1 heterocycles. The number of halogens is 1. The van der Waals surface area contributed by atoms with E-state index in [-0.39, 0.29) is 17.6 Å². The van der Waals surface area contributed by atoms with E-state index >= 15 is 0 Å². The first-order chi connectivity index (χ1) is 12.0. The summed E-state index contributed by atoms with van der Waals surface area (Å²) in [4.78, 5) is 16.3. The Morgan fingerprint density at radius 3 is 2.68 bits per heavy atom. The number of carbonyl (C=O) groups is 1. The zero-order valence-electron chi connectivity index (χ0n) is 14.4. The number of rotatable bonds is 8. The third kappa shape index (κ3) is 5.34. The van der Waals surface area contributed by atoms with Crippen LogP contribution in [-0.4, -0.2) is 38.3 Å². The Balaban J connectivity index is 2.08. The van der Waals surface area contributed by atoms with Crippen LogP contribution in [0.2, 0.25) is 5.02 Å². The van der Waals surface area contributed by atoms with E-state index in [0.717, 1.165) is 5.56 Å². The van der Waals surface area contributed by atoms with Crippen molar-refractivity contribution < 1.29 is 19.0 Å². The molecule has 1 amide bonds. The van der Waals surface area contributed by atoms with E-state index in [9.17, 15) is 4.79 Å². The summed E-state index contributed by atoms with van der Waals surface area (Å²) in [5.74, 6) is 0.920. The van der Waals surface area contributed by atoms with E-state index in [2.05, 4.69) is 10.3 Å². The molecule has 25 heavy (non-hydrogen) atoms. The predicted molar refractivity (Wildman–Crippen MR) is 95.5 cm³/mol. The minimum absolute atomic E-state index is 0.241. The summed E-state index contributed by atoms with van der Waals surface area (Å²) in [7, 11) is 3.18. The number of aromatic nitrogens is 1. The van der Waals surface area contributed by atoms with Gasteiger partial charge in [0.15, 0.2) is 11.5 Å². The van der Waals surface area contributed by atoms with Gasteiger partial charge in [0.2, 0.25) is 0 Å². The average molecular weight is 365 g/mol. The van der Waals surface area contributed by atoms with Gasteiger partial charge in [-0.3, -0.25) is 9.78 Å². The molecule has 0 aliphatic carbocycles. The Hall–Kier alpha value is -2.31. The molecule has 7 heteroatoms. The molecule has 1 atom stereocenters. The lowest BCUT2D eigenvalue weighted by atomic mass is 10.1. The molecule has 1 aromatic carbocycles. The van der Waals surface area contributed by atoms with Crippen molar-refractivity contribution in [2.45, 2.75) is 13.0 Å². The van der Waals surface area contributed by atoms with Gasteiger partial charge in [0.25, 0.3) is 5.91 Å². The number of nitrogens with zero attached hydrogens (tertiary/aromatic N) is 1. The number of amides is 1. The second kappa shape index (κ2) is 9.25. The van der Waals surface area contributed by atoms with E-state index in [1.54, 1.807) is 20.3 Å². The topological polar surface area (TPSA) is 69.7 Å². The largest absolute Gasteiger partial charge is 0.493 e. The van der Waals surface area contributed by atoms with Crippen LogP contribution in [0.5, 0.6) is 11.5 Å². The van der Waals surface area contributed by atoms with Gasteiger partial charge in [-0.25, -0.2) is 0 Å². The lowest BCUT2D eigenvalue weighted by Crippen LogP contribution is -2.27. The van der Waals surface area contributed by atoms with Crippen molar-refractivity contribution in [3.05, 3.63) is 52.8 Å². The molecule has 0 spiro atoms. The highest BCUT2D eigenvalue weighted by Crippen LogP contribution is 2.30. The monoisotopic (exact) mass is 364 g/mol. The number of carbonyl (C=O) groups excluding carboxylic acids is 1. The van der Waals surface area contributed by atoms with Crippen LogP contribution in [-0.2, 0) is 4.74 Å². The second-order valence-electron chi connectivity index (χ2n) is 5.31. The molecule has 1 N–H and O–H groups in total. The molecule has 0 radical (unpaired) electrons. The van der Waals surface area contributed by atoms with Crippen molar-refractivity contribution in [3.63, 3.8) is 0 Å². The third-order valence-electron chi connectivity index (χ3n) is 3.53. The van der Waals surface area contributed by atoms with Crippen LogP contribution >= 0.6 is 11.6 Å². The van der Waals surface area contributed by atoms with Crippen LogP contribution in [0.15, 0.2) is 36.5 Å². The van der Waals surface area contributed by atoms with Gasteiger partial charge in [-0.15, -0.1) is 0 Å². The van der Waals surface area contributed by atoms with E-state index in [4.69, 9.17) is 25.8 Å². The van der Waals surface area contributed by atoms with Crippen LogP contribution in [0.4, 0.5) is 0 Å². The van der Waals surface area contributed by atoms with Crippen molar-refractivity contribution >= 4 is 17.5 Å². The van der Waals surface area contributed by atoms with Gasteiger partial charge in [-0.1, -0.05) is 17.7 Å². The minimum atomic E-state index is -0.297. The molecule has 0 fully saturated rings. The summed E-state index contributed by atoms with van der Waals surface area (Å²) < 4.78 is 15.9. The number of ether oxygens (including phenoxy) is 3. The first kappa shape index (κ1) is 19.0. The molecular weight excluding hydrogens is 344 g/mol. The fourth-order valence-electron chi connectivity index (χ4n) is 2.19. The number of hydrogen-bond acceptors (Lipinski definition) is 5. The molecule has 0 aliphatic rings. The van der Waals surface area contributed by atoms with E-state index in [1.165, 1.54) is 12.3 Å². The van der Waals surface area contributed by atoms with Gasteiger partial charge in [0.1, 0.15) is 12.3 Å². The van der Waals surface area contributed by atoms with Gasteiger partial charge in [0, 0.05) is 18.3 Å². The summed E-state index contributed by atoms with van der Waals surface area (Å²) in [6.45, 7) is 2.80. The quantitative estimate of drug-likeness (QED) is 0.728. The minimum Gasteiger partial charge on any atom is -0.493 e. The highest BCUT2D eigenvalue weighted by Gasteiger charge is 2.15. The van der Waals surface area contributed by atoms with Crippen LogP contribution in [0.3, 0.4) is 0 Å². The van der Waals surface area contributed by atoms with Crippen LogP contribution in [0, 0.1) is 0 Å². The molecule has 134 valence electrons. The Labute approximate surface area is 152 Å². The van der Waals surface area contributed by atoms with Gasteiger partial charge in [0.05, 0.1) is 19.8 Å². The molecular formula is C18H21ClN2O4. The standard InChI is InChI=1S/C18H21ClN2O4/c1-12(21-18(22)15-11-14(19)6-7-20-15)13-4-5-16(17(10-13)24-3)25-9-8-23-2/h4-7,10-12H,8-9H2,1-3H3,(H,21,22). The van der Waals surface area contributed by atoms with Crippen molar-refractivity contribution in [2.24, 2.45) is 0 Å². The van der Waals surface area contributed by atoms with E-state index < -0.39 is 0 Å². The number of benzene rings is 1. The Bertz CT molecular complexity index is 724. The lowest BCUT2D eigenvalue weighted by molar-refractivity contribution is 0.0934. The van der Waals surface area contributed by atoms with Crippen molar-refractivity contribution in [3.8, 4) is 11.5 Å². The fourth-order valence-corrected chi connectivity index (χ4v) is 2.35. The first-order valence-corrected chi connectivity index (χ1v) is 8.15. The molecule has 2 rings (SSSR count). The number of nitrogens with one attached hydrogen (secondary N) is 1. The third-order valence-corrected chi connectivity index (χ3v) is 3.77. The molecule has 0 saturated carbocycles. The van der Waals surface area contributed by atoms with Gasteiger partial charge >= 0.3 is 0 Å². The summed E-state index contributed by atoms with van der Waals surface area (Å²) in [5, 5.41) is 3.35. The van der Waals surface area contributed by atoms with E-state index in [1.807, 2.05) is 25.1 Å². The van der Waals surface area contributed by atoms with Crippen molar-refractivity contribution in [1.82, 2.24) is 10.3 Å². The highest BCUT2D eigenvalue weighted by molar-refractivity contribution is 6.30. The predicted octanol–water partition coefficient (Wildman–Crippen LogP) is 3.26. The maximum atomic E-state index is 12.3. The summed E-state index contributed by atoms with van der Waals surface area (Å²) in [5.41, 5.74) is 1.15. The Kier molecular flexibility index (Phi) is 7.03. The maximum Gasteiger partial charge on any atom is 0.270 e. The Morgan fingerprint density at radius 2 is 2.00 bits per heavy atom. The SMILES string of the molecule is COCCOc1ccc(C(C)NC(=O)c2cc(Cl)ccn2)cc1OC. The Morgan fingerprint density at radius 1 is 1.20 bits per heavy atom. The summed E-state index contributed by atoms with van der Waals surface area (Å²) in [6, 6.07) is 8.42. The number of methoxy groups -OCH3 is 2. The molecule has 0 aliphatic heterocycles. The van der Waals surface area contributed by atoms with Gasteiger partial charge < -0.3 is 19.5 Å². The molecule has 6 nitrogen and oxygen atoms in total. The van der Waals surface area contributed by atoms with Crippen molar-refractivity contribution in [2.75, 3.05) is 27.4 Å². The van der Waals surface area contributed by atoms with Crippen LogP contribution in [0.1, 0.15) is 29.0 Å². The van der Waals surface area contributed by atoms with Crippen LogP contribution in [0.25, 0.3) is 0 Å². The fraction of sp³-hybridized carbons (Fsp3) is 0.333. The number of pyridine rings is 1. The van der Waals surface area contributed by atoms with Gasteiger partial charge in [-0.2, -0.15) is 0 Å². The summed E-state index contributed by atoms with van der Waals surface area (Å²) in [6.07, 6.45) is 1.50. The first-order valence-electron chi connectivity index (χ1n) is 7.77. The lowest BCUT2D eigenvalue weighted by Gasteiger charge is -2.17. The van der Waals surface area contributed by atoms with Crippen molar-refractivity contribution in [1.29, 1.82) is 0 Å². The zero-order chi connectivity index (χ0) is 18.2. The average Bonchev–Trinajstić information content (AvgIpc) is 2.62. The molecule has 1 unspecified atom stereocenters. The highest BCUT2D eigenvalue weighted by atomic mass is 35.5. The zero-order valence-corrected chi connectivity index (χ0v) is 15.2. The van der Waals surface area contributed by atoms with Gasteiger partial charge in [-0.05, 0) is 36.8 Å². The molecule has 0 saturated heterocycles. The normalized spacial score (nSPS) is 11.7. The molecule has 1 aromatic heterocycles. The smallest absolute Gasteiger partial charge is 0.270 e. The molecule has 0 bridgehead atoms. The second-order valence-corrected chi connectivity index (χ2v) is 5.74. The number of hydrogen-bond donors (Lipinski definition) is 1. The summed E-state index contributed by atoms with van der Waals surface area (Å²) >= 11 is 5.89. The van der Waals surface area contributed by atoms with E-state index in [0.29, 0.717) is 29.7 Å².